The molecule has 0 aliphatic heterocycles. The van der Waals surface area contributed by atoms with E-state index < -0.39 is 12.1 Å². The molecular formula is C49H78O6. The molecule has 0 aromatic rings. The Kier molecular flexibility index (Phi) is 40.2. The zero-order valence-electron chi connectivity index (χ0n) is 35.1. The Morgan fingerprint density at radius 1 is 0.400 bits per heavy atom. The second kappa shape index (κ2) is 43.1. The summed E-state index contributed by atoms with van der Waals surface area (Å²) < 4.78 is 16.5. The van der Waals surface area contributed by atoms with Crippen molar-refractivity contribution in [1.29, 1.82) is 0 Å². The predicted molar refractivity (Wildman–Crippen MR) is 233 cm³/mol. The van der Waals surface area contributed by atoms with Crippen molar-refractivity contribution in [2.75, 3.05) is 13.2 Å². The van der Waals surface area contributed by atoms with Crippen LogP contribution in [0.4, 0.5) is 0 Å². The van der Waals surface area contributed by atoms with E-state index in [4.69, 9.17) is 14.2 Å². The summed E-state index contributed by atoms with van der Waals surface area (Å²) in [4.78, 5) is 37.6. The van der Waals surface area contributed by atoms with Gasteiger partial charge in [0.15, 0.2) is 6.10 Å². The smallest absolute Gasteiger partial charge is 0.309 e. The van der Waals surface area contributed by atoms with E-state index in [1.165, 1.54) is 32.1 Å². The molecule has 0 aromatic carbocycles. The van der Waals surface area contributed by atoms with Gasteiger partial charge in [-0.2, -0.15) is 0 Å². The highest BCUT2D eigenvalue weighted by atomic mass is 16.6. The van der Waals surface area contributed by atoms with E-state index >= 15 is 0 Å². The van der Waals surface area contributed by atoms with Gasteiger partial charge in [-0.1, -0.05) is 157 Å². The molecule has 0 radical (unpaired) electrons. The van der Waals surface area contributed by atoms with Crippen LogP contribution in [0.15, 0.2) is 97.2 Å². The molecule has 0 aliphatic carbocycles. The van der Waals surface area contributed by atoms with E-state index in [1.807, 2.05) is 6.08 Å². The zero-order valence-corrected chi connectivity index (χ0v) is 35.1. The third kappa shape index (κ3) is 41.3. The summed E-state index contributed by atoms with van der Waals surface area (Å²) in [6, 6.07) is 0. The average molecular weight is 763 g/mol. The Balaban J connectivity index is 4.51. The molecule has 55 heavy (non-hydrogen) atoms. The number of allylic oxidation sites excluding steroid dienone is 15. The topological polar surface area (TPSA) is 78.9 Å². The van der Waals surface area contributed by atoms with Crippen LogP contribution in [0.1, 0.15) is 175 Å². The fourth-order valence-electron chi connectivity index (χ4n) is 5.37. The number of carbonyl (C=O) groups excluding carboxylic acids is 3. The van der Waals surface area contributed by atoms with Crippen LogP contribution in [-0.2, 0) is 28.6 Å². The maximum atomic E-state index is 12.7. The number of hydrogen-bond acceptors (Lipinski definition) is 6. The van der Waals surface area contributed by atoms with Crippen LogP contribution in [0.3, 0.4) is 0 Å². The highest BCUT2D eigenvalue weighted by molar-refractivity contribution is 5.72. The molecule has 0 aromatic heterocycles. The summed E-state index contributed by atoms with van der Waals surface area (Å²) in [5.74, 6) is -1.11. The predicted octanol–water partition coefficient (Wildman–Crippen LogP) is 13.9. The van der Waals surface area contributed by atoms with E-state index in [-0.39, 0.29) is 31.6 Å². The largest absolute Gasteiger partial charge is 0.462 e. The Morgan fingerprint density at radius 3 is 1.31 bits per heavy atom. The van der Waals surface area contributed by atoms with Gasteiger partial charge in [-0.15, -0.1) is 0 Å². The van der Waals surface area contributed by atoms with Crippen molar-refractivity contribution < 1.29 is 28.6 Å². The van der Waals surface area contributed by atoms with Crippen molar-refractivity contribution in [3.05, 3.63) is 97.2 Å². The van der Waals surface area contributed by atoms with E-state index in [1.54, 1.807) is 6.08 Å². The Labute approximate surface area is 337 Å². The van der Waals surface area contributed by atoms with Crippen molar-refractivity contribution in [1.82, 2.24) is 0 Å². The highest BCUT2D eigenvalue weighted by Crippen LogP contribution is 2.11. The molecule has 0 amide bonds. The normalized spacial score (nSPS) is 13.0. The molecule has 310 valence electrons. The second-order valence-electron chi connectivity index (χ2n) is 13.8. The summed E-state index contributed by atoms with van der Waals surface area (Å²) in [6.45, 7) is 6.21. The number of ether oxygens (including phenoxy) is 3. The first kappa shape index (κ1) is 51.3. The lowest BCUT2D eigenvalue weighted by molar-refractivity contribution is -0.166. The Bertz CT molecular complexity index is 1150. The van der Waals surface area contributed by atoms with Crippen molar-refractivity contribution in [3.8, 4) is 0 Å². The molecule has 0 N–H and O–H groups in total. The van der Waals surface area contributed by atoms with Gasteiger partial charge in [0.1, 0.15) is 13.2 Å². The van der Waals surface area contributed by atoms with Crippen molar-refractivity contribution >= 4 is 17.9 Å². The van der Waals surface area contributed by atoms with Crippen molar-refractivity contribution in [2.45, 2.75) is 181 Å². The van der Waals surface area contributed by atoms with Gasteiger partial charge in [-0.3, -0.25) is 14.4 Å². The van der Waals surface area contributed by atoms with E-state index in [0.717, 1.165) is 103 Å². The van der Waals surface area contributed by atoms with Gasteiger partial charge >= 0.3 is 17.9 Å². The maximum absolute atomic E-state index is 12.7. The van der Waals surface area contributed by atoms with Gasteiger partial charge in [0.25, 0.3) is 0 Å². The number of carbonyl (C=O) groups is 3. The molecular weight excluding hydrogens is 685 g/mol. The monoisotopic (exact) mass is 763 g/mol. The van der Waals surface area contributed by atoms with E-state index in [9.17, 15) is 14.4 Å². The van der Waals surface area contributed by atoms with Crippen molar-refractivity contribution in [3.63, 3.8) is 0 Å². The zero-order chi connectivity index (χ0) is 40.1. The maximum Gasteiger partial charge on any atom is 0.309 e. The number of unbranched alkanes of at least 4 members (excludes halogenated alkanes) is 11. The van der Waals surface area contributed by atoms with Gasteiger partial charge < -0.3 is 14.2 Å². The lowest BCUT2D eigenvalue weighted by Crippen LogP contribution is -2.30. The third-order valence-electron chi connectivity index (χ3n) is 8.59. The van der Waals surface area contributed by atoms with Crippen LogP contribution < -0.4 is 0 Å². The molecule has 1 atom stereocenters. The fraction of sp³-hybridized carbons (Fsp3) is 0.612. The molecule has 0 rings (SSSR count). The summed E-state index contributed by atoms with van der Waals surface area (Å²) in [5, 5.41) is 0. The molecule has 0 saturated carbocycles. The van der Waals surface area contributed by atoms with Crippen LogP contribution in [0, 0.1) is 0 Å². The molecule has 0 saturated heterocycles. The first-order valence-corrected chi connectivity index (χ1v) is 21.7. The average Bonchev–Trinajstić information content (AvgIpc) is 3.18. The summed E-state index contributed by atoms with van der Waals surface area (Å²) in [6.07, 6.45) is 55.7. The van der Waals surface area contributed by atoms with Gasteiger partial charge in [0.05, 0.1) is 6.42 Å². The lowest BCUT2D eigenvalue weighted by atomic mass is 10.1. The van der Waals surface area contributed by atoms with Gasteiger partial charge in [-0.25, -0.2) is 0 Å². The third-order valence-corrected chi connectivity index (χ3v) is 8.59. The first-order chi connectivity index (χ1) is 27.0. The van der Waals surface area contributed by atoms with Crippen LogP contribution >= 0.6 is 0 Å². The van der Waals surface area contributed by atoms with Crippen molar-refractivity contribution in [2.24, 2.45) is 0 Å². The quantitative estimate of drug-likeness (QED) is 0.0271. The minimum Gasteiger partial charge on any atom is -0.462 e. The number of hydrogen-bond donors (Lipinski definition) is 0. The molecule has 6 nitrogen and oxygen atoms in total. The fourth-order valence-corrected chi connectivity index (χ4v) is 5.37. The molecule has 0 heterocycles. The highest BCUT2D eigenvalue weighted by Gasteiger charge is 2.19. The van der Waals surface area contributed by atoms with Crippen LogP contribution in [-0.4, -0.2) is 37.2 Å². The number of esters is 3. The second-order valence-corrected chi connectivity index (χ2v) is 13.8. The molecule has 6 heteroatoms. The minimum absolute atomic E-state index is 0.125. The summed E-state index contributed by atoms with van der Waals surface area (Å²) in [5.41, 5.74) is 0. The lowest BCUT2D eigenvalue weighted by Gasteiger charge is -2.18. The molecule has 0 spiro atoms. The number of rotatable bonds is 37. The van der Waals surface area contributed by atoms with Crippen LogP contribution in [0.5, 0.6) is 0 Å². The Hall–Kier alpha value is -3.67. The summed E-state index contributed by atoms with van der Waals surface area (Å²) >= 11 is 0. The minimum atomic E-state index is -0.828. The molecule has 0 bridgehead atoms. The standard InChI is InChI=1S/C49H78O6/c1-4-7-10-13-16-19-21-23-24-25-26-28-30-33-36-39-42-48(51)54-45-46(44-53-47(50)41-38-35-32-29-18-15-12-9-6-3)55-49(52)43-40-37-34-31-27-22-20-17-14-11-8-5-2/h7,9-10,12,16-20,23-24,26,28-29,35,38,46H,4-6,8,11,13-15,21-22,25,27,30-34,36-37,39-45H2,1-3H3/b10-7-,12-9-,19-16-,20-17-,24-23-,28-26-,29-18-,38-35-. The molecule has 1 unspecified atom stereocenters. The molecule has 0 aliphatic rings. The van der Waals surface area contributed by atoms with Gasteiger partial charge in [-0.05, 0) is 96.3 Å². The van der Waals surface area contributed by atoms with E-state index in [2.05, 4.69) is 106 Å². The van der Waals surface area contributed by atoms with Gasteiger partial charge in [0, 0.05) is 12.8 Å². The van der Waals surface area contributed by atoms with Gasteiger partial charge in [0.2, 0.25) is 0 Å². The van der Waals surface area contributed by atoms with E-state index in [0.29, 0.717) is 12.8 Å². The summed E-state index contributed by atoms with van der Waals surface area (Å²) in [7, 11) is 0. The Morgan fingerprint density at radius 2 is 0.782 bits per heavy atom. The molecule has 0 fully saturated rings. The van der Waals surface area contributed by atoms with Crippen LogP contribution in [0.2, 0.25) is 0 Å². The first-order valence-electron chi connectivity index (χ1n) is 21.7. The van der Waals surface area contributed by atoms with Crippen LogP contribution in [0.25, 0.3) is 0 Å². The SMILES string of the molecule is CC/C=C\C/C=C\C/C=C\C/C=C\CCCCCC(=O)OCC(COC(=O)C/C=C\C/C=C\C/C=C\CC)OC(=O)CCCCCCC/C=C\CCCCC.